The molecule has 0 bridgehead atoms. The van der Waals surface area contributed by atoms with Crippen molar-refractivity contribution in [1.29, 1.82) is 0 Å². The van der Waals surface area contributed by atoms with E-state index in [2.05, 4.69) is 15.3 Å². The third-order valence-corrected chi connectivity index (χ3v) is 3.24. The molecular weight excluding hydrogens is 250 g/mol. The lowest BCUT2D eigenvalue weighted by Gasteiger charge is -2.12. The molecule has 0 unspecified atom stereocenters. The second-order valence-corrected chi connectivity index (χ2v) is 5.09. The minimum Gasteiger partial charge on any atom is -0.322 e. The molecule has 0 aliphatic carbocycles. The molecule has 0 radical (unpaired) electrons. The van der Waals surface area contributed by atoms with Gasteiger partial charge in [0.25, 0.3) is 5.91 Å². The molecule has 0 aliphatic heterocycles. The fourth-order valence-corrected chi connectivity index (χ4v) is 2.35. The highest BCUT2D eigenvalue weighted by molar-refractivity contribution is 6.06. The van der Waals surface area contributed by atoms with Crippen LogP contribution < -0.4 is 5.32 Å². The molecule has 2 aromatic rings. The quantitative estimate of drug-likeness (QED) is 0.910. The van der Waals surface area contributed by atoms with E-state index in [1.807, 2.05) is 52.8 Å². The van der Waals surface area contributed by atoms with Crippen LogP contribution in [0.2, 0.25) is 0 Å². The molecule has 104 valence electrons. The lowest BCUT2D eigenvalue weighted by Crippen LogP contribution is -2.18. The summed E-state index contributed by atoms with van der Waals surface area (Å²) in [6.45, 7) is 9.50. The highest BCUT2D eigenvalue weighted by Gasteiger charge is 2.16. The van der Waals surface area contributed by atoms with Gasteiger partial charge in [-0.1, -0.05) is 17.7 Å². The Labute approximate surface area is 119 Å². The Balaban J connectivity index is 2.33. The van der Waals surface area contributed by atoms with Crippen LogP contribution >= 0.6 is 0 Å². The third kappa shape index (κ3) is 2.85. The minimum absolute atomic E-state index is 0.160. The zero-order valence-electron chi connectivity index (χ0n) is 12.5. The molecule has 4 nitrogen and oxygen atoms in total. The molecule has 0 fully saturated rings. The molecule has 1 aromatic carbocycles. The van der Waals surface area contributed by atoms with Crippen LogP contribution in [-0.4, -0.2) is 15.9 Å². The normalized spacial score (nSPS) is 10.4. The van der Waals surface area contributed by atoms with Crippen molar-refractivity contribution < 1.29 is 4.79 Å². The van der Waals surface area contributed by atoms with Crippen LogP contribution in [0.4, 0.5) is 5.69 Å². The summed E-state index contributed by atoms with van der Waals surface area (Å²) in [6.07, 6.45) is 0. The van der Waals surface area contributed by atoms with E-state index in [0.717, 1.165) is 11.3 Å². The van der Waals surface area contributed by atoms with Crippen molar-refractivity contribution in [2.24, 2.45) is 0 Å². The van der Waals surface area contributed by atoms with E-state index in [-0.39, 0.29) is 5.91 Å². The standard InChI is InChI=1S/C16H19N3O/c1-9-6-7-14(10(2)8-9)19-16(20)15-11(3)17-13(5)18-12(15)4/h6-8H,1-5H3,(H,19,20). The molecule has 0 saturated carbocycles. The van der Waals surface area contributed by atoms with Gasteiger partial charge >= 0.3 is 0 Å². The number of hydrogen-bond acceptors (Lipinski definition) is 3. The van der Waals surface area contributed by atoms with Crippen molar-refractivity contribution in [2.45, 2.75) is 34.6 Å². The summed E-state index contributed by atoms with van der Waals surface area (Å²) in [4.78, 5) is 20.9. The number of aryl methyl sites for hydroxylation is 5. The largest absolute Gasteiger partial charge is 0.322 e. The van der Waals surface area contributed by atoms with Crippen molar-refractivity contribution in [2.75, 3.05) is 5.32 Å². The van der Waals surface area contributed by atoms with Gasteiger partial charge in [0.05, 0.1) is 17.0 Å². The van der Waals surface area contributed by atoms with Gasteiger partial charge in [0.2, 0.25) is 0 Å². The molecule has 1 heterocycles. The highest BCUT2D eigenvalue weighted by atomic mass is 16.1. The van der Waals surface area contributed by atoms with E-state index in [1.54, 1.807) is 0 Å². The van der Waals surface area contributed by atoms with Gasteiger partial charge < -0.3 is 5.32 Å². The highest BCUT2D eigenvalue weighted by Crippen LogP contribution is 2.18. The van der Waals surface area contributed by atoms with Crippen LogP contribution in [0.15, 0.2) is 18.2 Å². The Morgan fingerprint density at radius 2 is 1.60 bits per heavy atom. The first kappa shape index (κ1) is 14.2. The molecule has 0 atom stereocenters. The maximum atomic E-state index is 12.4. The Hall–Kier alpha value is -2.23. The zero-order valence-corrected chi connectivity index (χ0v) is 12.5. The number of carbonyl (C=O) groups is 1. The van der Waals surface area contributed by atoms with E-state index in [9.17, 15) is 4.79 Å². The van der Waals surface area contributed by atoms with Crippen molar-refractivity contribution in [3.63, 3.8) is 0 Å². The zero-order chi connectivity index (χ0) is 14.9. The molecular formula is C16H19N3O. The van der Waals surface area contributed by atoms with E-state index in [4.69, 9.17) is 0 Å². The fourth-order valence-electron chi connectivity index (χ4n) is 2.35. The molecule has 4 heteroatoms. The van der Waals surface area contributed by atoms with Gasteiger partial charge in [0, 0.05) is 5.69 Å². The summed E-state index contributed by atoms with van der Waals surface area (Å²) in [5.41, 5.74) is 5.00. The first-order valence-electron chi connectivity index (χ1n) is 6.59. The fraction of sp³-hybridized carbons (Fsp3) is 0.312. The third-order valence-electron chi connectivity index (χ3n) is 3.24. The topological polar surface area (TPSA) is 54.9 Å². The molecule has 20 heavy (non-hydrogen) atoms. The SMILES string of the molecule is Cc1ccc(NC(=O)c2c(C)nc(C)nc2C)c(C)c1. The molecule has 1 amide bonds. The lowest BCUT2D eigenvalue weighted by atomic mass is 10.1. The second-order valence-electron chi connectivity index (χ2n) is 5.09. The number of nitrogens with one attached hydrogen (secondary N) is 1. The van der Waals surface area contributed by atoms with Crippen LogP contribution in [0.25, 0.3) is 0 Å². The summed E-state index contributed by atoms with van der Waals surface area (Å²) >= 11 is 0. The molecule has 0 saturated heterocycles. The monoisotopic (exact) mass is 269 g/mol. The van der Waals surface area contributed by atoms with Gasteiger partial charge in [-0.05, 0) is 46.2 Å². The van der Waals surface area contributed by atoms with E-state index in [1.165, 1.54) is 5.56 Å². The maximum absolute atomic E-state index is 12.4. The maximum Gasteiger partial charge on any atom is 0.259 e. The van der Waals surface area contributed by atoms with Gasteiger partial charge in [-0.2, -0.15) is 0 Å². The molecule has 2 rings (SSSR count). The van der Waals surface area contributed by atoms with Crippen LogP contribution in [0.1, 0.15) is 38.7 Å². The van der Waals surface area contributed by atoms with Crippen LogP contribution in [0, 0.1) is 34.6 Å². The van der Waals surface area contributed by atoms with Gasteiger partial charge in [-0.15, -0.1) is 0 Å². The summed E-state index contributed by atoms with van der Waals surface area (Å²) < 4.78 is 0. The van der Waals surface area contributed by atoms with Crippen molar-refractivity contribution in [1.82, 2.24) is 9.97 Å². The summed E-state index contributed by atoms with van der Waals surface area (Å²) in [7, 11) is 0. The summed E-state index contributed by atoms with van der Waals surface area (Å²) in [5, 5.41) is 2.94. The smallest absolute Gasteiger partial charge is 0.259 e. The Kier molecular flexibility index (Phi) is 3.84. The van der Waals surface area contributed by atoms with Crippen molar-refractivity contribution in [3.8, 4) is 0 Å². The van der Waals surface area contributed by atoms with Crippen molar-refractivity contribution >= 4 is 11.6 Å². The van der Waals surface area contributed by atoms with Crippen molar-refractivity contribution in [3.05, 3.63) is 52.1 Å². The average molecular weight is 269 g/mol. The Morgan fingerprint density at radius 1 is 1.00 bits per heavy atom. The summed E-state index contributed by atoms with van der Waals surface area (Å²) in [6, 6.07) is 5.94. The predicted octanol–water partition coefficient (Wildman–Crippen LogP) is 3.27. The molecule has 0 aliphatic rings. The van der Waals surface area contributed by atoms with E-state index >= 15 is 0 Å². The molecule has 1 N–H and O–H groups in total. The number of aromatic nitrogens is 2. The van der Waals surface area contributed by atoms with Gasteiger partial charge in [0.15, 0.2) is 0 Å². The predicted molar refractivity (Wildman–Crippen MR) is 80.1 cm³/mol. The van der Waals surface area contributed by atoms with Crippen LogP contribution in [-0.2, 0) is 0 Å². The lowest BCUT2D eigenvalue weighted by molar-refractivity contribution is 0.102. The minimum atomic E-state index is -0.160. The number of anilines is 1. The van der Waals surface area contributed by atoms with Gasteiger partial charge in [0.1, 0.15) is 5.82 Å². The number of hydrogen-bond donors (Lipinski definition) is 1. The summed E-state index contributed by atoms with van der Waals surface area (Å²) in [5.74, 6) is 0.523. The number of nitrogens with zero attached hydrogens (tertiary/aromatic N) is 2. The Morgan fingerprint density at radius 3 is 2.15 bits per heavy atom. The number of rotatable bonds is 2. The number of benzene rings is 1. The van der Waals surface area contributed by atoms with Gasteiger partial charge in [-0.3, -0.25) is 4.79 Å². The number of carbonyl (C=O) groups excluding carboxylic acids is 1. The first-order chi connectivity index (χ1) is 9.38. The second kappa shape index (κ2) is 5.41. The van der Waals surface area contributed by atoms with E-state index in [0.29, 0.717) is 22.8 Å². The average Bonchev–Trinajstić information content (AvgIpc) is 2.31. The molecule has 0 spiro atoms. The van der Waals surface area contributed by atoms with Crippen LogP contribution in [0.3, 0.4) is 0 Å². The van der Waals surface area contributed by atoms with Gasteiger partial charge in [-0.25, -0.2) is 9.97 Å². The van der Waals surface area contributed by atoms with E-state index < -0.39 is 0 Å². The Bertz CT molecular complexity index is 654. The molecule has 1 aromatic heterocycles. The number of amides is 1. The van der Waals surface area contributed by atoms with Crippen LogP contribution in [0.5, 0.6) is 0 Å². The first-order valence-corrected chi connectivity index (χ1v) is 6.59.